The molecule has 0 aliphatic carbocycles. The zero-order valence-corrected chi connectivity index (χ0v) is 12.2. The van der Waals surface area contributed by atoms with Crippen LogP contribution in [0.25, 0.3) is 0 Å². The number of ether oxygens (including phenoxy) is 1. The van der Waals surface area contributed by atoms with Crippen molar-refractivity contribution in [3.05, 3.63) is 35.9 Å². The minimum Gasteiger partial charge on any atom is -0.446 e. The molecule has 2 amide bonds. The van der Waals surface area contributed by atoms with Crippen LogP contribution in [-0.2, 0) is 14.3 Å². The Morgan fingerprint density at radius 3 is 2.67 bits per heavy atom. The average molecular weight is 289 g/mol. The number of aldehydes is 1. The number of cyclic esters (lactones) is 1. The zero-order chi connectivity index (χ0) is 15.4. The second-order valence-electron chi connectivity index (χ2n) is 5.44. The van der Waals surface area contributed by atoms with Crippen molar-refractivity contribution >= 4 is 18.3 Å². The van der Waals surface area contributed by atoms with Crippen LogP contribution in [0.15, 0.2) is 30.3 Å². The lowest BCUT2D eigenvalue weighted by Gasteiger charge is -2.22. The molecule has 1 aliphatic heterocycles. The average Bonchev–Trinajstić information content (AvgIpc) is 2.89. The molecule has 0 N–H and O–H groups in total. The lowest BCUT2D eigenvalue weighted by Crippen LogP contribution is -2.35. The van der Waals surface area contributed by atoms with Gasteiger partial charge < -0.3 is 9.53 Å². The van der Waals surface area contributed by atoms with Crippen LogP contribution in [0.2, 0.25) is 0 Å². The van der Waals surface area contributed by atoms with Crippen LogP contribution in [0.4, 0.5) is 4.79 Å². The van der Waals surface area contributed by atoms with Crippen molar-refractivity contribution < 1.29 is 19.1 Å². The van der Waals surface area contributed by atoms with E-state index in [1.807, 2.05) is 37.3 Å². The summed E-state index contributed by atoms with van der Waals surface area (Å²) in [6.45, 7) is 3.77. The molecular weight excluding hydrogens is 270 g/mol. The third kappa shape index (κ3) is 3.29. The van der Waals surface area contributed by atoms with Gasteiger partial charge in [0, 0.05) is 12.3 Å². The third-order valence-corrected chi connectivity index (χ3v) is 3.93. The monoisotopic (exact) mass is 289 g/mol. The fourth-order valence-corrected chi connectivity index (χ4v) is 2.31. The van der Waals surface area contributed by atoms with Gasteiger partial charge in [-0.2, -0.15) is 0 Å². The standard InChI is InChI=1S/C16H19NO4/c1-11(12(2)9-18)8-15(19)17-14(10-21-16(17)20)13-6-4-3-5-7-13/h3-7,9,11-12,14H,8,10H2,1-2H3/t11-,12+,14+/m0/s1. The Morgan fingerprint density at radius 2 is 2.05 bits per heavy atom. The summed E-state index contributed by atoms with van der Waals surface area (Å²) in [4.78, 5) is 36.2. The number of amides is 2. The zero-order valence-electron chi connectivity index (χ0n) is 12.2. The maximum Gasteiger partial charge on any atom is 0.417 e. The Hall–Kier alpha value is -2.17. The predicted molar refractivity (Wildman–Crippen MR) is 76.4 cm³/mol. The van der Waals surface area contributed by atoms with Crippen LogP contribution >= 0.6 is 0 Å². The summed E-state index contributed by atoms with van der Waals surface area (Å²) < 4.78 is 5.02. The molecule has 112 valence electrons. The summed E-state index contributed by atoms with van der Waals surface area (Å²) in [5.74, 6) is -0.630. The fourth-order valence-electron chi connectivity index (χ4n) is 2.31. The molecule has 2 rings (SSSR count). The molecular formula is C16H19NO4. The van der Waals surface area contributed by atoms with Crippen molar-refractivity contribution in [3.63, 3.8) is 0 Å². The van der Waals surface area contributed by atoms with Crippen molar-refractivity contribution in [1.29, 1.82) is 0 Å². The van der Waals surface area contributed by atoms with Crippen molar-refractivity contribution in [2.24, 2.45) is 11.8 Å². The maximum absolute atomic E-state index is 12.4. The lowest BCUT2D eigenvalue weighted by molar-refractivity contribution is -0.130. The van der Waals surface area contributed by atoms with Crippen molar-refractivity contribution in [3.8, 4) is 0 Å². The molecule has 0 bridgehead atoms. The van der Waals surface area contributed by atoms with Gasteiger partial charge in [0.15, 0.2) is 0 Å². The van der Waals surface area contributed by atoms with E-state index in [0.29, 0.717) is 0 Å². The largest absolute Gasteiger partial charge is 0.446 e. The molecule has 1 heterocycles. The van der Waals surface area contributed by atoms with Crippen LogP contribution in [0.3, 0.4) is 0 Å². The van der Waals surface area contributed by atoms with Gasteiger partial charge in [-0.05, 0) is 11.5 Å². The molecule has 0 aromatic heterocycles. The van der Waals surface area contributed by atoms with Crippen LogP contribution in [0.1, 0.15) is 31.9 Å². The van der Waals surface area contributed by atoms with Crippen molar-refractivity contribution in [2.45, 2.75) is 26.3 Å². The van der Waals surface area contributed by atoms with Gasteiger partial charge in [0.25, 0.3) is 0 Å². The summed E-state index contributed by atoms with van der Waals surface area (Å²) in [6, 6.07) is 8.94. The SMILES string of the molecule is C[C@H](C=O)[C@@H](C)CC(=O)N1C(=O)OC[C@@H]1c1ccccc1. The third-order valence-electron chi connectivity index (χ3n) is 3.93. The van der Waals surface area contributed by atoms with Crippen molar-refractivity contribution in [2.75, 3.05) is 6.61 Å². The van der Waals surface area contributed by atoms with E-state index < -0.39 is 6.09 Å². The number of benzene rings is 1. The maximum atomic E-state index is 12.4. The lowest BCUT2D eigenvalue weighted by atomic mass is 9.93. The van der Waals surface area contributed by atoms with Gasteiger partial charge in [0.1, 0.15) is 18.9 Å². The smallest absolute Gasteiger partial charge is 0.417 e. The molecule has 3 atom stereocenters. The van der Waals surface area contributed by atoms with Gasteiger partial charge in [-0.25, -0.2) is 9.69 Å². The summed E-state index contributed by atoms with van der Waals surface area (Å²) in [7, 11) is 0. The molecule has 0 radical (unpaired) electrons. The molecule has 0 spiro atoms. The van der Waals surface area contributed by atoms with Gasteiger partial charge in [-0.3, -0.25) is 4.79 Å². The van der Waals surface area contributed by atoms with Gasteiger partial charge >= 0.3 is 6.09 Å². The molecule has 1 fully saturated rings. The normalized spacial score (nSPS) is 20.8. The van der Waals surface area contributed by atoms with Gasteiger partial charge in [0.05, 0.1) is 0 Å². The highest BCUT2D eigenvalue weighted by molar-refractivity contribution is 5.93. The summed E-state index contributed by atoms with van der Waals surface area (Å²) in [5, 5.41) is 0. The minimum atomic E-state index is -0.611. The van der Waals surface area contributed by atoms with Crippen LogP contribution < -0.4 is 0 Å². The molecule has 1 aromatic carbocycles. The van der Waals surface area contributed by atoms with Crippen molar-refractivity contribution in [1.82, 2.24) is 4.90 Å². The second-order valence-corrected chi connectivity index (χ2v) is 5.44. The van der Waals surface area contributed by atoms with E-state index in [1.54, 1.807) is 6.92 Å². The second kappa shape index (κ2) is 6.52. The fraction of sp³-hybridized carbons (Fsp3) is 0.438. The molecule has 5 heteroatoms. The first-order valence-electron chi connectivity index (χ1n) is 7.03. The Kier molecular flexibility index (Phi) is 4.73. The van der Waals surface area contributed by atoms with E-state index >= 15 is 0 Å². The molecule has 5 nitrogen and oxygen atoms in total. The van der Waals surface area contributed by atoms with E-state index in [0.717, 1.165) is 11.8 Å². The van der Waals surface area contributed by atoms with Crippen LogP contribution in [0.5, 0.6) is 0 Å². The first-order chi connectivity index (χ1) is 10.0. The van der Waals surface area contributed by atoms with E-state index in [9.17, 15) is 14.4 Å². The Labute approximate surface area is 123 Å². The number of rotatable bonds is 5. The molecule has 0 saturated carbocycles. The number of hydrogen-bond donors (Lipinski definition) is 0. The number of nitrogens with zero attached hydrogens (tertiary/aromatic N) is 1. The molecule has 21 heavy (non-hydrogen) atoms. The molecule has 0 unspecified atom stereocenters. The number of imide groups is 1. The van der Waals surface area contributed by atoms with Gasteiger partial charge in [0.2, 0.25) is 5.91 Å². The highest BCUT2D eigenvalue weighted by atomic mass is 16.6. The topological polar surface area (TPSA) is 63.7 Å². The summed E-state index contributed by atoms with van der Waals surface area (Å²) in [6.07, 6.45) is 0.368. The van der Waals surface area contributed by atoms with Gasteiger partial charge in [-0.1, -0.05) is 44.2 Å². The number of carbonyl (C=O) groups excluding carboxylic acids is 3. The Bertz CT molecular complexity index is 528. The number of hydrogen-bond acceptors (Lipinski definition) is 4. The van der Waals surface area contributed by atoms with Crippen LogP contribution in [0, 0.1) is 11.8 Å². The van der Waals surface area contributed by atoms with E-state index in [2.05, 4.69) is 0 Å². The molecule has 1 saturated heterocycles. The van der Waals surface area contributed by atoms with E-state index in [1.165, 1.54) is 4.90 Å². The predicted octanol–water partition coefficient (Wildman–Crippen LogP) is 2.57. The minimum absolute atomic E-state index is 0.111. The van der Waals surface area contributed by atoms with Gasteiger partial charge in [-0.15, -0.1) is 0 Å². The van der Waals surface area contributed by atoms with E-state index in [-0.39, 0.29) is 36.8 Å². The highest BCUT2D eigenvalue weighted by Crippen LogP contribution is 2.29. The Morgan fingerprint density at radius 1 is 1.38 bits per heavy atom. The first-order valence-corrected chi connectivity index (χ1v) is 7.03. The quantitative estimate of drug-likeness (QED) is 0.781. The van der Waals surface area contributed by atoms with Crippen LogP contribution in [-0.4, -0.2) is 29.8 Å². The number of carbonyl (C=O) groups is 3. The molecule has 1 aromatic rings. The summed E-state index contributed by atoms with van der Waals surface area (Å²) in [5.41, 5.74) is 0.868. The first kappa shape index (κ1) is 15.2. The Balaban J connectivity index is 2.13. The van der Waals surface area contributed by atoms with E-state index in [4.69, 9.17) is 4.74 Å². The summed E-state index contributed by atoms with van der Waals surface area (Å²) >= 11 is 0. The highest BCUT2D eigenvalue weighted by Gasteiger charge is 2.39. The molecule has 1 aliphatic rings.